The number of carbonyl (C=O) groups is 1. The average molecular weight is 341 g/mol. The number of hydrogen-bond acceptors (Lipinski definition) is 4. The van der Waals surface area contributed by atoms with E-state index in [1.54, 1.807) is 24.3 Å². The number of pyridine rings is 1. The molecule has 0 aliphatic heterocycles. The van der Waals surface area contributed by atoms with Crippen molar-refractivity contribution in [1.82, 2.24) is 4.98 Å². The minimum absolute atomic E-state index is 0.186. The zero-order valence-corrected chi connectivity index (χ0v) is 13.1. The van der Waals surface area contributed by atoms with Crippen molar-refractivity contribution in [2.45, 2.75) is 0 Å². The fourth-order valence-electron chi connectivity index (χ4n) is 1.60. The number of sulfonamides is 1. The molecule has 0 spiro atoms. The highest BCUT2D eigenvalue weighted by atomic mass is 35.5. The lowest BCUT2D eigenvalue weighted by Crippen LogP contribution is -2.19. The molecule has 0 unspecified atom stereocenters. The van der Waals surface area contributed by atoms with Crippen molar-refractivity contribution in [1.29, 1.82) is 0 Å². The first kappa shape index (κ1) is 16.1. The predicted octanol–water partition coefficient (Wildman–Crippen LogP) is 2.75. The fourth-order valence-corrected chi connectivity index (χ4v) is 2.33. The molecule has 0 aliphatic rings. The Morgan fingerprint density at radius 2 is 1.73 bits per heavy atom. The van der Waals surface area contributed by atoms with Crippen LogP contribution in [0.15, 0.2) is 42.6 Å². The van der Waals surface area contributed by atoms with E-state index in [1.807, 2.05) is 0 Å². The van der Waals surface area contributed by atoms with Crippen LogP contribution >= 0.6 is 11.6 Å². The van der Waals surface area contributed by atoms with Gasteiger partial charge in [0.15, 0.2) is 5.15 Å². The third-order valence-electron chi connectivity index (χ3n) is 2.45. The molecule has 0 fully saturated rings. The maximum atomic E-state index is 11.8. The standard InChI is InChI=1S/C13H13ClN4O3S/c1-22(20,21)18-10-6-4-9(5-7-10)16-13(19)17-11-3-2-8-15-12(11)14/h2-8,18H,1H3,(H2,16,17,19). The molecule has 2 amide bonds. The highest BCUT2D eigenvalue weighted by Gasteiger charge is 2.07. The summed E-state index contributed by atoms with van der Waals surface area (Å²) in [5.41, 5.74) is 1.29. The summed E-state index contributed by atoms with van der Waals surface area (Å²) in [4.78, 5) is 15.7. The van der Waals surface area contributed by atoms with E-state index in [9.17, 15) is 13.2 Å². The smallest absolute Gasteiger partial charge is 0.308 e. The van der Waals surface area contributed by atoms with Crippen LogP contribution < -0.4 is 15.4 Å². The average Bonchev–Trinajstić information content (AvgIpc) is 2.42. The third-order valence-corrected chi connectivity index (χ3v) is 3.36. The van der Waals surface area contributed by atoms with Gasteiger partial charge >= 0.3 is 6.03 Å². The number of rotatable bonds is 4. The fraction of sp³-hybridized carbons (Fsp3) is 0.0769. The van der Waals surface area contributed by atoms with E-state index in [4.69, 9.17) is 11.6 Å². The first-order valence-corrected chi connectivity index (χ1v) is 8.37. The molecule has 116 valence electrons. The van der Waals surface area contributed by atoms with Crippen LogP contribution in [0.3, 0.4) is 0 Å². The van der Waals surface area contributed by atoms with Gasteiger partial charge in [0, 0.05) is 17.6 Å². The zero-order valence-electron chi connectivity index (χ0n) is 11.5. The van der Waals surface area contributed by atoms with Gasteiger partial charge in [0.1, 0.15) is 0 Å². The normalized spacial score (nSPS) is 10.8. The molecule has 1 aromatic heterocycles. The van der Waals surface area contributed by atoms with Crippen LogP contribution in [0, 0.1) is 0 Å². The molecular formula is C13H13ClN4O3S. The van der Waals surface area contributed by atoms with Crippen molar-refractivity contribution in [3.05, 3.63) is 47.7 Å². The molecule has 0 aliphatic carbocycles. The number of halogens is 1. The number of anilines is 3. The van der Waals surface area contributed by atoms with Gasteiger partial charge in [0.2, 0.25) is 10.0 Å². The highest BCUT2D eigenvalue weighted by molar-refractivity contribution is 7.92. The van der Waals surface area contributed by atoms with Gasteiger partial charge in [-0.05, 0) is 36.4 Å². The summed E-state index contributed by atoms with van der Waals surface area (Å²) >= 11 is 5.83. The molecule has 1 heterocycles. The first-order chi connectivity index (χ1) is 10.3. The molecule has 0 saturated carbocycles. The van der Waals surface area contributed by atoms with Crippen molar-refractivity contribution in [3.8, 4) is 0 Å². The summed E-state index contributed by atoms with van der Waals surface area (Å²) in [5, 5.41) is 5.34. The molecule has 22 heavy (non-hydrogen) atoms. The van der Waals surface area contributed by atoms with Gasteiger partial charge in [-0.25, -0.2) is 18.2 Å². The second kappa shape index (κ2) is 6.63. The molecule has 1 aromatic carbocycles. The van der Waals surface area contributed by atoms with Crippen molar-refractivity contribution in [2.75, 3.05) is 21.6 Å². The number of aromatic nitrogens is 1. The van der Waals surface area contributed by atoms with E-state index >= 15 is 0 Å². The number of nitrogens with zero attached hydrogens (tertiary/aromatic N) is 1. The Balaban J connectivity index is 1.99. The molecule has 3 N–H and O–H groups in total. The maximum Gasteiger partial charge on any atom is 0.323 e. The second-order valence-corrected chi connectivity index (χ2v) is 6.48. The summed E-state index contributed by atoms with van der Waals surface area (Å²) in [5.74, 6) is 0. The van der Waals surface area contributed by atoms with Gasteiger partial charge in [-0.3, -0.25) is 4.72 Å². The van der Waals surface area contributed by atoms with Gasteiger partial charge in [0.05, 0.1) is 11.9 Å². The van der Waals surface area contributed by atoms with Crippen LogP contribution in [0.25, 0.3) is 0 Å². The third kappa shape index (κ3) is 4.90. The first-order valence-electron chi connectivity index (χ1n) is 6.10. The van der Waals surface area contributed by atoms with E-state index in [0.29, 0.717) is 17.1 Å². The molecule has 0 bridgehead atoms. The Bertz CT molecular complexity index is 778. The van der Waals surface area contributed by atoms with E-state index in [-0.39, 0.29) is 5.15 Å². The lowest BCUT2D eigenvalue weighted by atomic mass is 10.3. The number of benzene rings is 1. The van der Waals surface area contributed by atoms with Gasteiger partial charge in [0.25, 0.3) is 0 Å². The lowest BCUT2D eigenvalue weighted by Gasteiger charge is -2.09. The number of hydrogen-bond donors (Lipinski definition) is 3. The van der Waals surface area contributed by atoms with Crippen molar-refractivity contribution in [2.24, 2.45) is 0 Å². The summed E-state index contributed by atoms with van der Waals surface area (Å²) in [6.45, 7) is 0. The predicted molar refractivity (Wildman–Crippen MR) is 86.8 cm³/mol. The summed E-state index contributed by atoms with van der Waals surface area (Å²) < 4.78 is 24.5. The lowest BCUT2D eigenvalue weighted by molar-refractivity contribution is 0.262. The van der Waals surface area contributed by atoms with Gasteiger partial charge in [-0.15, -0.1) is 0 Å². The molecule has 2 aromatic rings. The van der Waals surface area contributed by atoms with Gasteiger partial charge in [-0.2, -0.15) is 0 Å². The number of amides is 2. The minimum atomic E-state index is -3.33. The molecular weight excluding hydrogens is 328 g/mol. The van der Waals surface area contributed by atoms with Gasteiger partial charge < -0.3 is 10.6 Å². The number of nitrogens with one attached hydrogen (secondary N) is 3. The largest absolute Gasteiger partial charge is 0.323 e. The monoisotopic (exact) mass is 340 g/mol. The van der Waals surface area contributed by atoms with E-state index in [1.165, 1.54) is 18.3 Å². The van der Waals surface area contributed by atoms with Crippen LogP contribution in [0.5, 0.6) is 0 Å². The Morgan fingerprint density at radius 3 is 2.32 bits per heavy atom. The van der Waals surface area contributed by atoms with E-state index in [0.717, 1.165) is 6.26 Å². The van der Waals surface area contributed by atoms with Crippen LogP contribution in [0.2, 0.25) is 5.15 Å². The zero-order chi connectivity index (χ0) is 16.2. The highest BCUT2D eigenvalue weighted by Crippen LogP contribution is 2.18. The molecule has 2 rings (SSSR count). The summed E-state index contributed by atoms with van der Waals surface area (Å²) in [7, 11) is -3.33. The molecule has 0 atom stereocenters. The topological polar surface area (TPSA) is 100 Å². The molecule has 9 heteroatoms. The van der Waals surface area contributed by atoms with E-state index in [2.05, 4.69) is 20.3 Å². The Labute approximate surface area is 132 Å². The second-order valence-electron chi connectivity index (χ2n) is 4.37. The maximum absolute atomic E-state index is 11.8. The minimum Gasteiger partial charge on any atom is -0.308 e. The molecule has 0 radical (unpaired) electrons. The Hall–Kier alpha value is -2.32. The Morgan fingerprint density at radius 1 is 1.09 bits per heavy atom. The van der Waals surface area contributed by atoms with Crippen molar-refractivity contribution < 1.29 is 13.2 Å². The van der Waals surface area contributed by atoms with E-state index < -0.39 is 16.1 Å². The van der Waals surface area contributed by atoms with Gasteiger partial charge in [-0.1, -0.05) is 11.6 Å². The SMILES string of the molecule is CS(=O)(=O)Nc1ccc(NC(=O)Nc2cccnc2Cl)cc1. The quantitative estimate of drug-likeness (QED) is 0.745. The van der Waals surface area contributed by atoms with Crippen molar-refractivity contribution >= 4 is 44.7 Å². The van der Waals surface area contributed by atoms with Crippen LogP contribution in [0.1, 0.15) is 0 Å². The summed E-state index contributed by atoms with van der Waals surface area (Å²) in [6, 6.07) is 8.98. The van der Waals surface area contributed by atoms with Crippen LogP contribution in [-0.2, 0) is 10.0 Å². The molecule has 0 saturated heterocycles. The number of urea groups is 1. The molecule has 7 nitrogen and oxygen atoms in total. The summed E-state index contributed by atoms with van der Waals surface area (Å²) in [6.07, 6.45) is 2.57. The van der Waals surface area contributed by atoms with Crippen LogP contribution in [0.4, 0.5) is 21.9 Å². The van der Waals surface area contributed by atoms with Crippen LogP contribution in [-0.4, -0.2) is 25.7 Å². The Kier molecular flexibility index (Phi) is 4.84. The van der Waals surface area contributed by atoms with Crippen molar-refractivity contribution in [3.63, 3.8) is 0 Å². The number of carbonyl (C=O) groups excluding carboxylic acids is 1.